The Bertz CT molecular complexity index is 64.6. The van der Waals surface area contributed by atoms with E-state index in [0.29, 0.717) is 0 Å². The fourth-order valence-corrected chi connectivity index (χ4v) is 0. The summed E-state index contributed by atoms with van der Waals surface area (Å²) >= 11 is 0.262. The van der Waals surface area contributed by atoms with Crippen LogP contribution >= 0.6 is 0 Å². The van der Waals surface area contributed by atoms with Gasteiger partial charge >= 0.3 is 131 Å². The Balaban J connectivity index is -0.0000000233. The van der Waals surface area contributed by atoms with Crippen molar-refractivity contribution in [3.05, 3.63) is 0 Å². The van der Waals surface area contributed by atoms with Crippen LogP contribution in [-0.2, 0) is 12.6 Å². The van der Waals surface area contributed by atoms with Crippen molar-refractivity contribution < 1.29 is 115 Å². The Kier molecular flexibility index (Phi) is 57.2. The molecule has 0 rings (SSSR count). The van der Waals surface area contributed by atoms with E-state index in [4.69, 9.17) is 17.5 Å². The van der Waals surface area contributed by atoms with E-state index >= 15 is 0 Å². The van der Waals surface area contributed by atoms with Crippen LogP contribution in [0.25, 0.3) is 0 Å². The summed E-state index contributed by atoms with van der Waals surface area (Å²) in [4.78, 5) is 0. The van der Waals surface area contributed by atoms with Gasteiger partial charge in [-0.1, -0.05) is 5.40 Å². The average Bonchev–Trinajstić information content (AvgIpc) is 1.33. The summed E-state index contributed by atoms with van der Waals surface area (Å²) in [5.74, 6) is 0. The molecule has 0 bridgehead atoms. The molecule has 0 fully saturated rings. The molecule has 2 N–H and O–H groups in total. The van der Waals surface area contributed by atoms with Crippen LogP contribution in [-0.4, -0.2) is 23.9 Å². The van der Waals surface area contributed by atoms with Crippen LogP contribution in [0.3, 0.4) is 0 Å². The molecule has 0 atom stereocenters. The molecule has 0 aliphatic carbocycles. The zero-order valence-corrected chi connectivity index (χ0v) is 14.0. The second-order valence-corrected chi connectivity index (χ2v) is 1.59. The van der Waals surface area contributed by atoms with E-state index in [1.165, 1.54) is 5.40 Å². The van der Waals surface area contributed by atoms with E-state index in [1.54, 1.807) is 0 Å². The zero-order valence-electron chi connectivity index (χ0n) is 5.11. The van der Waals surface area contributed by atoms with Crippen molar-refractivity contribution in [1.29, 1.82) is 5.26 Å². The standard InChI is InChI=1S/CHNS.AsH2O3.2K/c2-1-3;2-1(3)4;;/h3H;2-3H;;/q;-1;2*+1/p-1. The summed E-state index contributed by atoms with van der Waals surface area (Å²) in [7, 11) is 0. The molecular weight excluding hydrogens is 259 g/mol. The second-order valence-electron chi connectivity index (χ2n) is 0.344. The van der Waals surface area contributed by atoms with E-state index in [9.17, 15) is 0 Å². The molecule has 0 aromatic rings. The van der Waals surface area contributed by atoms with Gasteiger partial charge in [-0.3, -0.25) is 0 Å². The number of nitrogens with zero attached hydrogens (tertiary/aromatic N) is 1. The van der Waals surface area contributed by atoms with Gasteiger partial charge in [0.05, 0.1) is 0 Å². The molecule has 0 amide bonds. The van der Waals surface area contributed by atoms with Gasteiger partial charge in [0, 0.05) is 0 Å². The second kappa shape index (κ2) is 22.5. The first-order chi connectivity index (χ1) is 3.15. The van der Waals surface area contributed by atoms with E-state index in [0.717, 1.165) is 0 Å². The number of hydrogen-bond acceptors (Lipinski definition) is 5. The minimum absolute atomic E-state index is 0. The predicted octanol–water partition coefficient (Wildman–Crippen LogP) is -8.66. The van der Waals surface area contributed by atoms with Gasteiger partial charge in [0.2, 0.25) is 0 Å². The molecule has 0 radical (unpaired) electrons. The fraction of sp³-hybridized carbons (Fsp3) is 0. The third kappa shape index (κ3) is 86.6. The zero-order chi connectivity index (χ0) is 6.28. The molecule has 4 nitrogen and oxygen atoms in total. The Labute approximate surface area is 150 Å². The quantitative estimate of drug-likeness (QED) is 0.257. The molecule has 0 saturated carbocycles. The number of nitriles is 1. The molecule has 0 aromatic carbocycles. The molecule has 0 aliphatic rings. The molecule has 0 aromatic heterocycles. The first-order valence-corrected chi connectivity index (χ1v) is 3.86. The van der Waals surface area contributed by atoms with Crippen molar-refractivity contribution in [3.63, 3.8) is 0 Å². The Hall–Kier alpha value is 3.42. The molecule has 0 saturated heterocycles. The van der Waals surface area contributed by atoms with Crippen LogP contribution < -0.4 is 107 Å². The first kappa shape index (κ1) is 22.8. The van der Waals surface area contributed by atoms with E-state index < -0.39 is 15.7 Å². The normalized spacial score (nSPS) is 4.78. The first-order valence-electron chi connectivity index (χ1n) is 1.01. The van der Waals surface area contributed by atoms with Crippen molar-refractivity contribution in [2.75, 3.05) is 0 Å². The van der Waals surface area contributed by atoms with Crippen LogP contribution in [0.15, 0.2) is 0 Å². The molecular formula is CH2AsK2NO3S. The number of rotatable bonds is 0. The van der Waals surface area contributed by atoms with E-state index in [1.807, 2.05) is 0 Å². The summed E-state index contributed by atoms with van der Waals surface area (Å²) in [5, 5.41) is 8.47. The van der Waals surface area contributed by atoms with Crippen molar-refractivity contribution in [2.45, 2.75) is 0 Å². The average molecular weight is 261 g/mol. The van der Waals surface area contributed by atoms with E-state index in [-0.39, 0.29) is 103 Å². The predicted molar refractivity (Wildman–Crippen MR) is 23.2 cm³/mol. The van der Waals surface area contributed by atoms with Crippen molar-refractivity contribution >= 4 is 28.3 Å². The Morgan fingerprint density at radius 1 is 1.44 bits per heavy atom. The summed E-state index contributed by atoms with van der Waals surface area (Å²) in [6.45, 7) is 0. The summed E-state index contributed by atoms with van der Waals surface area (Å²) in [6, 6.07) is 0. The third-order valence-electron chi connectivity index (χ3n) is 0. The van der Waals surface area contributed by atoms with Gasteiger partial charge in [0.15, 0.2) is 0 Å². The molecule has 0 heterocycles. The number of hydrogen-bond donors (Lipinski definition) is 2. The van der Waals surface area contributed by atoms with Crippen LogP contribution in [0.1, 0.15) is 0 Å². The summed E-state index contributed by atoms with van der Waals surface area (Å²) < 4.78 is 23.2. The maximum absolute atomic E-state index is 8.78. The fourth-order valence-electron chi connectivity index (χ4n) is 0. The van der Waals surface area contributed by atoms with Crippen LogP contribution in [0.5, 0.6) is 0 Å². The van der Waals surface area contributed by atoms with Gasteiger partial charge in [-0.2, -0.15) is 0 Å². The van der Waals surface area contributed by atoms with Crippen molar-refractivity contribution in [2.24, 2.45) is 0 Å². The Morgan fingerprint density at radius 2 is 1.44 bits per heavy atom. The van der Waals surface area contributed by atoms with Gasteiger partial charge < -0.3 is 12.6 Å². The monoisotopic (exact) mass is 261 g/mol. The minimum atomic E-state index is -3.44. The van der Waals surface area contributed by atoms with Crippen LogP contribution in [0, 0.1) is 10.7 Å². The van der Waals surface area contributed by atoms with Gasteiger partial charge in [-0.05, 0) is 0 Å². The molecule has 0 spiro atoms. The van der Waals surface area contributed by atoms with Crippen molar-refractivity contribution in [1.82, 2.24) is 0 Å². The number of thiocyanates is 1. The van der Waals surface area contributed by atoms with Gasteiger partial charge in [0.1, 0.15) is 0 Å². The van der Waals surface area contributed by atoms with Crippen LogP contribution in [0.2, 0.25) is 0 Å². The van der Waals surface area contributed by atoms with Gasteiger partial charge in [-0.25, -0.2) is 5.26 Å². The molecule has 0 aliphatic heterocycles. The summed E-state index contributed by atoms with van der Waals surface area (Å²) in [6.07, 6.45) is 0. The van der Waals surface area contributed by atoms with Crippen LogP contribution in [0.4, 0.5) is 0 Å². The molecule has 8 heteroatoms. The van der Waals surface area contributed by atoms with Crippen molar-refractivity contribution in [3.8, 4) is 5.40 Å². The summed E-state index contributed by atoms with van der Waals surface area (Å²) in [5.41, 5.74) is 0. The third-order valence-corrected chi connectivity index (χ3v) is 0. The van der Waals surface area contributed by atoms with E-state index in [2.05, 4.69) is 12.6 Å². The topological polar surface area (TPSA) is 87.3 Å². The van der Waals surface area contributed by atoms with Gasteiger partial charge in [-0.15, -0.1) is 0 Å². The SMILES string of the molecule is N#C[S-].[K+].[K+].[O-][As](O)O. The molecule has 42 valence electrons. The molecule has 9 heavy (non-hydrogen) atoms. The van der Waals surface area contributed by atoms with Gasteiger partial charge in [0.25, 0.3) is 0 Å². The Morgan fingerprint density at radius 3 is 1.44 bits per heavy atom. The molecule has 0 unspecified atom stereocenters. The maximum atomic E-state index is 8.78.